The molecule has 0 bridgehead atoms. The minimum Gasteiger partial charge on any atom is -0.353 e. The van der Waals surface area contributed by atoms with Crippen molar-refractivity contribution in [2.45, 2.75) is 116 Å². The first-order chi connectivity index (χ1) is 14.2. The molecule has 1 fully saturated rings. The summed E-state index contributed by atoms with van der Waals surface area (Å²) >= 11 is 0. The van der Waals surface area contributed by atoms with Crippen LogP contribution in [0.5, 0.6) is 0 Å². The molecule has 2 atom stereocenters. The quantitative estimate of drug-likeness (QED) is 0.176. The van der Waals surface area contributed by atoms with E-state index in [1.165, 1.54) is 70.6 Å². The SMILES string of the molecule is CCCCC/C=C\C/C=C\CCCCCCCCC1OCCC(CCN(C)C)O1. The van der Waals surface area contributed by atoms with Gasteiger partial charge in [0.25, 0.3) is 0 Å². The maximum Gasteiger partial charge on any atom is 0.157 e. The van der Waals surface area contributed by atoms with Gasteiger partial charge in [-0.05, 0) is 78.4 Å². The fourth-order valence-corrected chi connectivity index (χ4v) is 3.72. The van der Waals surface area contributed by atoms with Gasteiger partial charge < -0.3 is 14.4 Å². The predicted octanol–water partition coefficient (Wildman–Crippen LogP) is 7.27. The van der Waals surface area contributed by atoms with Gasteiger partial charge in [-0.15, -0.1) is 0 Å². The van der Waals surface area contributed by atoms with Crippen LogP contribution in [0.3, 0.4) is 0 Å². The third-order valence-corrected chi connectivity index (χ3v) is 5.63. The normalized spacial score (nSPS) is 20.4. The molecule has 0 aromatic carbocycles. The lowest BCUT2D eigenvalue weighted by atomic mass is 10.1. The molecule has 0 aromatic heterocycles. The van der Waals surface area contributed by atoms with Crippen LogP contribution in [-0.4, -0.2) is 44.5 Å². The molecule has 0 aliphatic carbocycles. The molecule has 3 nitrogen and oxygen atoms in total. The summed E-state index contributed by atoms with van der Waals surface area (Å²) in [7, 11) is 4.25. The Hall–Kier alpha value is -0.640. The molecule has 0 saturated carbocycles. The van der Waals surface area contributed by atoms with Crippen LogP contribution in [0, 0.1) is 0 Å². The Balaban J connectivity index is 1.86. The largest absolute Gasteiger partial charge is 0.353 e. The fourth-order valence-electron chi connectivity index (χ4n) is 3.72. The zero-order valence-electron chi connectivity index (χ0n) is 19.7. The number of rotatable bonds is 18. The van der Waals surface area contributed by atoms with E-state index in [1.54, 1.807) is 0 Å². The van der Waals surface area contributed by atoms with Gasteiger partial charge in [-0.1, -0.05) is 69.8 Å². The van der Waals surface area contributed by atoms with Gasteiger partial charge in [0, 0.05) is 0 Å². The summed E-state index contributed by atoms with van der Waals surface area (Å²) in [4.78, 5) is 2.23. The maximum atomic E-state index is 6.10. The summed E-state index contributed by atoms with van der Waals surface area (Å²) in [5.41, 5.74) is 0. The molecule has 1 aliphatic heterocycles. The monoisotopic (exact) mass is 407 g/mol. The van der Waals surface area contributed by atoms with Crippen LogP contribution in [0.4, 0.5) is 0 Å². The van der Waals surface area contributed by atoms with E-state index in [-0.39, 0.29) is 6.29 Å². The van der Waals surface area contributed by atoms with Crippen molar-refractivity contribution < 1.29 is 9.47 Å². The van der Waals surface area contributed by atoms with Crippen molar-refractivity contribution in [1.82, 2.24) is 4.90 Å². The second-order valence-corrected chi connectivity index (χ2v) is 8.81. The summed E-state index contributed by atoms with van der Waals surface area (Å²) < 4.78 is 11.9. The van der Waals surface area contributed by atoms with E-state index in [1.807, 2.05) is 0 Å². The van der Waals surface area contributed by atoms with Crippen molar-refractivity contribution in [3.8, 4) is 0 Å². The summed E-state index contributed by atoms with van der Waals surface area (Å²) in [5.74, 6) is 0. The van der Waals surface area contributed by atoms with Crippen molar-refractivity contribution >= 4 is 0 Å². The fraction of sp³-hybridized carbons (Fsp3) is 0.846. The number of nitrogens with zero attached hydrogens (tertiary/aromatic N) is 1. The van der Waals surface area contributed by atoms with Crippen molar-refractivity contribution in [1.29, 1.82) is 0 Å². The Kier molecular flexibility index (Phi) is 17.6. The van der Waals surface area contributed by atoms with Crippen LogP contribution < -0.4 is 0 Å². The van der Waals surface area contributed by atoms with Crippen molar-refractivity contribution in [3.63, 3.8) is 0 Å². The Labute approximate surface area is 181 Å². The highest BCUT2D eigenvalue weighted by molar-refractivity contribution is 4.92. The number of hydrogen-bond acceptors (Lipinski definition) is 3. The molecular weight excluding hydrogens is 358 g/mol. The maximum absolute atomic E-state index is 6.10. The minimum absolute atomic E-state index is 0.0433. The zero-order chi connectivity index (χ0) is 21.0. The number of allylic oxidation sites excluding steroid dienone is 4. The molecule has 0 amide bonds. The molecule has 1 saturated heterocycles. The Morgan fingerprint density at radius 3 is 2.14 bits per heavy atom. The van der Waals surface area contributed by atoms with E-state index in [4.69, 9.17) is 9.47 Å². The summed E-state index contributed by atoms with van der Waals surface area (Å²) in [5, 5.41) is 0. The highest BCUT2D eigenvalue weighted by Gasteiger charge is 2.22. The second-order valence-electron chi connectivity index (χ2n) is 8.81. The van der Waals surface area contributed by atoms with Crippen molar-refractivity contribution in [3.05, 3.63) is 24.3 Å². The Morgan fingerprint density at radius 1 is 0.793 bits per heavy atom. The summed E-state index contributed by atoms with van der Waals surface area (Å²) in [6.45, 7) is 4.23. The molecule has 29 heavy (non-hydrogen) atoms. The molecule has 1 heterocycles. The number of ether oxygens (including phenoxy) is 2. The minimum atomic E-state index is 0.0433. The summed E-state index contributed by atoms with van der Waals surface area (Å²) in [6, 6.07) is 0. The van der Waals surface area contributed by atoms with Crippen LogP contribution in [0.2, 0.25) is 0 Å². The highest BCUT2D eigenvalue weighted by Crippen LogP contribution is 2.20. The lowest BCUT2D eigenvalue weighted by molar-refractivity contribution is -0.216. The third kappa shape index (κ3) is 16.8. The first kappa shape index (κ1) is 26.4. The second kappa shape index (κ2) is 19.3. The topological polar surface area (TPSA) is 21.7 Å². The van der Waals surface area contributed by atoms with Gasteiger partial charge in [0.2, 0.25) is 0 Å². The lowest BCUT2D eigenvalue weighted by Gasteiger charge is -2.31. The third-order valence-electron chi connectivity index (χ3n) is 5.63. The van der Waals surface area contributed by atoms with Gasteiger partial charge in [-0.25, -0.2) is 0 Å². The summed E-state index contributed by atoms with van der Waals surface area (Å²) in [6.07, 6.45) is 28.6. The predicted molar refractivity (Wildman–Crippen MR) is 126 cm³/mol. The van der Waals surface area contributed by atoms with E-state index in [9.17, 15) is 0 Å². The molecule has 2 unspecified atom stereocenters. The molecule has 0 spiro atoms. The molecular formula is C26H49NO2. The van der Waals surface area contributed by atoms with Crippen molar-refractivity contribution in [2.75, 3.05) is 27.2 Å². The molecule has 0 aromatic rings. The lowest BCUT2D eigenvalue weighted by Crippen LogP contribution is -2.34. The molecule has 170 valence electrons. The van der Waals surface area contributed by atoms with E-state index in [2.05, 4.69) is 50.2 Å². The van der Waals surface area contributed by atoms with E-state index in [0.717, 1.165) is 38.8 Å². The first-order valence-corrected chi connectivity index (χ1v) is 12.4. The van der Waals surface area contributed by atoms with Gasteiger partial charge >= 0.3 is 0 Å². The molecule has 0 N–H and O–H groups in total. The number of hydrogen-bond donors (Lipinski definition) is 0. The Morgan fingerprint density at radius 2 is 1.45 bits per heavy atom. The standard InChI is InChI=1S/C26H49NO2/c1-4-5-6-7-8-9-10-11-12-13-14-15-16-17-18-19-20-26-28-24-22-25(29-26)21-23-27(2)3/h8-9,11-12,25-26H,4-7,10,13-24H2,1-3H3/b9-8-,12-11-. The van der Waals surface area contributed by atoms with Crippen LogP contribution >= 0.6 is 0 Å². The average molecular weight is 408 g/mol. The van der Waals surface area contributed by atoms with E-state index in [0.29, 0.717) is 6.10 Å². The van der Waals surface area contributed by atoms with Crippen LogP contribution in [0.25, 0.3) is 0 Å². The van der Waals surface area contributed by atoms with Gasteiger partial charge in [0.05, 0.1) is 12.7 Å². The van der Waals surface area contributed by atoms with Crippen molar-refractivity contribution in [2.24, 2.45) is 0 Å². The molecule has 3 heteroatoms. The van der Waals surface area contributed by atoms with Gasteiger partial charge in [0.15, 0.2) is 6.29 Å². The van der Waals surface area contributed by atoms with Gasteiger partial charge in [-0.3, -0.25) is 0 Å². The molecule has 0 radical (unpaired) electrons. The van der Waals surface area contributed by atoms with E-state index >= 15 is 0 Å². The smallest absolute Gasteiger partial charge is 0.157 e. The Bertz CT molecular complexity index is 406. The van der Waals surface area contributed by atoms with Crippen LogP contribution in [0.15, 0.2) is 24.3 Å². The van der Waals surface area contributed by atoms with Gasteiger partial charge in [0.1, 0.15) is 0 Å². The number of unbranched alkanes of at least 4 members (excludes halogenated alkanes) is 9. The van der Waals surface area contributed by atoms with Crippen LogP contribution in [0.1, 0.15) is 103 Å². The van der Waals surface area contributed by atoms with Crippen LogP contribution in [-0.2, 0) is 9.47 Å². The average Bonchev–Trinajstić information content (AvgIpc) is 2.72. The first-order valence-electron chi connectivity index (χ1n) is 12.4. The zero-order valence-corrected chi connectivity index (χ0v) is 19.7. The van der Waals surface area contributed by atoms with E-state index < -0.39 is 0 Å². The van der Waals surface area contributed by atoms with Gasteiger partial charge in [-0.2, -0.15) is 0 Å². The molecule has 1 aliphatic rings. The molecule has 1 rings (SSSR count). The highest BCUT2D eigenvalue weighted by atomic mass is 16.7.